The number of methoxy groups -OCH3 is 2. The molecule has 182 valence electrons. The Bertz CT molecular complexity index is 1200. The van der Waals surface area contributed by atoms with Gasteiger partial charge >= 0.3 is 0 Å². The molecule has 1 aliphatic heterocycles. The standard InChI is InChI=1S/C26H26FN3O4S/c1-33-14-13-29(26(32)20-6-3-4-7-21(20)27)17-25(31)30-23(18-9-11-19(34-2)12-10-18)16-22(28-30)24-8-5-15-35-24/h3-12,15,23H,13-14,16-17H2,1-2H3/t23-/m1/s1. The van der Waals surface area contributed by atoms with Crippen LogP contribution in [0.5, 0.6) is 5.75 Å². The van der Waals surface area contributed by atoms with Crippen LogP contribution in [0.1, 0.15) is 33.3 Å². The molecule has 0 radical (unpaired) electrons. The molecule has 0 aliphatic carbocycles. The Kier molecular flexibility index (Phi) is 7.89. The van der Waals surface area contributed by atoms with Crippen LogP contribution >= 0.6 is 11.3 Å². The Labute approximate surface area is 207 Å². The molecule has 35 heavy (non-hydrogen) atoms. The third kappa shape index (κ3) is 5.58. The number of hydrazone groups is 1. The summed E-state index contributed by atoms with van der Waals surface area (Å²) in [4.78, 5) is 28.9. The summed E-state index contributed by atoms with van der Waals surface area (Å²) < 4.78 is 24.7. The van der Waals surface area contributed by atoms with Crippen molar-refractivity contribution in [1.82, 2.24) is 9.91 Å². The highest BCUT2D eigenvalue weighted by molar-refractivity contribution is 7.12. The molecule has 1 aromatic heterocycles. The van der Waals surface area contributed by atoms with Gasteiger partial charge in [0.1, 0.15) is 18.1 Å². The van der Waals surface area contributed by atoms with E-state index in [1.54, 1.807) is 24.5 Å². The van der Waals surface area contributed by atoms with Gasteiger partial charge in [-0.3, -0.25) is 9.59 Å². The van der Waals surface area contributed by atoms with Crippen molar-refractivity contribution in [2.75, 3.05) is 33.9 Å². The van der Waals surface area contributed by atoms with Gasteiger partial charge in [0.05, 0.1) is 35.9 Å². The molecule has 7 nitrogen and oxygen atoms in total. The Morgan fingerprint density at radius 2 is 1.89 bits per heavy atom. The van der Waals surface area contributed by atoms with Gasteiger partial charge in [-0.15, -0.1) is 11.3 Å². The van der Waals surface area contributed by atoms with Crippen LogP contribution in [0.4, 0.5) is 4.39 Å². The van der Waals surface area contributed by atoms with Gasteiger partial charge in [0.25, 0.3) is 11.8 Å². The first-order valence-electron chi connectivity index (χ1n) is 11.1. The predicted molar refractivity (Wildman–Crippen MR) is 132 cm³/mol. The lowest BCUT2D eigenvalue weighted by Gasteiger charge is -2.27. The third-order valence-electron chi connectivity index (χ3n) is 5.75. The van der Waals surface area contributed by atoms with Crippen molar-refractivity contribution in [3.63, 3.8) is 0 Å². The Balaban J connectivity index is 1.61. The van der Waals surface area contributed by atoms with E-state index in [1.807, 2.05) is 41.8 Å². The summed E-state index contributed by atoms with van der Waals surface area (Å²) in [6, 6.07) is 16.8. The summed E-state index contributed by atoms with van der Waals surface area (Å²) >= 11 is 1.55. The zero-order valence-corrected chi connectivity index (χ0v) is 20.3. The summed E-state index contributed by atoms with van der Waals surface area (Å²) in [5.41, 5.74) is 1.61. The van der Waals surface area contributed by atoms with Crippen LogP contribution in [0.2, 0.25) is 0 Å². The van der Waals surface area contributed by atoms with E-state index in [4.69, 9.17) is 9.47 Å². The van der Waals surface area contributed by atoms with Gasteiger partial charge in [-0.2, -0.15) is 5.10 Å². The highest BCUT2D eigenvalue weighted by Crippen LogP contribution is 2.34. The van der Waals surface area contributed by atoms with E-state index in [9.17, 15) is 14.0 Å². The maximum absolute atomic E-state index is 14.3. The number of halogens is 1. The molecule has 2 amide bonds. The van der Waals surface area contributed by atoms with Crippen LogP contribution in [0, 0.1) is 5.82 Å². The number of benzene rings is 2. The first kappa shape index (κ1) is 24.6. The van der Waals surface area contributed by atoms with E-state index >= 15 is 0 Å². The van der Waals surface area contributed by atoms with Crippen LogP contribution in [0.25, 0.3) is 0 Å². The van der Waals surface area contributed by atoms with E-state index in [-0.39, 0.29) is 37.2 Å². The quantitative estimate of drug-likeness (QED) is 0.442. The molecule has 1 aliphatic rings. The molecule has 2 aromatic carbocycles. The molecule has 0 unspecified atom stereocenters. The van der Waals surface area contributed by atoms with Crippen molar-refractivity contribution in [1.29, 1.82) is 0 Å². The molecule has 0 bridgehead atoms. The SMILES string of the molecule is COCCN(CC(=O)N1N=C(c2cccs2)C[C@@H]1c1ccc(OC)cc1)C(=O)c1ccccc1F. The second-order valence-corrected chi connectivity index (χ2v) is 8.90. The maximum atomic E-state index is 14.3. The fraction of sp³-hybridized carbons (Fsp3) is 0.269. The van der Waals surface area contributed by atoms with Gasteiger partial charge in [0.2, 0.25) is 0 Å². The first-order chi connectivity index (χ1) is 17.0. The van der Waals surface area contributed by atoms with Crippen LogP contribution < -0.4 is 4.74 Å². The first-order valence-corrected chi connectivity index (χ1v) is 12.0. The normalized spacial score (nSPS) is 15.1. The van der Waals surface area contributed by atoms with Gasteiger partial charge in [0.15, 0.2) is 0 Å². The maximum Gasteiger partial charge on any atom is 0.262 e. The number of amides is 2. The highest BCUT2D eigenvalue weighted by Gasteiger charge is 2.35. The van der Waals surface area contributed by atoms with Crippen molar-refractivity contribution in [2.45, 2.75) is 12.5 Å². The van der Waals surface area contributed by atoms with Gasteiger partial charge in [-0.25, -0.2) is 9.40 Å². The predicted octanol–water partition coefficient (Wildman–Crippen LogP) is 4.36. The zero-order chi connectivity index (χ0) is 24.8. The lowest BCUT2D eigenvalue weighted by Crippen LogP contribution is -2.43. The number of carbonyl (C=O) groups is 2. The topological polar surface area (TPSA) is 71.4 Å². The number of carbonyl (C=O) groups excluding carboxylic acids is 2. The fourth-order valence-corrected chi connectivity index (χ4v) is 4.63. The Hall–Kier alpha value is -3.56. The molecule has 3 aromatic rings. The molecule has 0 spiro atoms. The highest BCUT2D eigenvalue weighted by atomic mass is 32.1. The number of thiophene rings is 1. The molecule has 0 fully saturated rings. The average molecular weight is 496 g/mol. The van der Waals surface area contributed by atoms with Crippen LogP contribution in [0.15, 0.2) is 71.1 Å². The van der Waals surface area contributed by atoms with Gasteiger partial charge in [-0.05, 0) is 41.3 Å². The number of hydrogen-bond donors (Lipinski definition) is 0. The fourth-order valence-electron chi connectivity index (χ4n) is 3.91. The number of rotatable bonds is 9. The minimum Gasteiger partial charge on any atom is -0.497 e. The third-order valence-corrected chi connectivity index (χ3v) is 6.67. The molecule has 4 rings (SSSR count). The van der Waals surface area contributed by atoms with Crippen molar-refractivity contribution >= 4 is 28.9 Å². The summed E-state index contributed by atoms with van der Waals surface area (Å²) in [6.07, 6.45) is 0.540. The monoisotopic (exact) mass is 495 g/mol. The number of nitrogens with zero attached hydrogens (tertiary/aromatic N) is 3. The molecule has 0 saturated carbocycles. The smallest absolute Gasteiger partial charge is 0.262 e. The molecule has 2 heterocycles. The molecular formula is C26H26FN3O4S. The minimum absolute atomic E-state index is 0.0905. The molecule has 9 heteroatoms. The average Bonchev–Trinajstić information content (AvgIpc) is 3.57. The van der Waals surface area contributed by atoms with E-state index in [0.717, 1.165) is 16.2 Å². The van der Waals surface area contributed by atoms with Crippen molar-refractivity contribution in [2.24, 2.45) is 5.10 Å². The molecule has 1 atom stereocenters. The van der Waals surface area contributed by atoms with Crippen molar-refractivity contribution in [3.8, 4) is 5.75 Å². The van der Waals surface area contributed by atoms with Crippen LogP contribution in [-0.4, -0.2) is 61.4 Å². The molecule has 0 N–H and O–H groups in total. The Morgan fingerprint density at radius 3 is 2.54 bits per heavy atom. The van der Waals surface area contributed by atoms with E-state index in [2.05, 4.69) is 5.10 Å². The van der Waals surface area contributed by atoms with E-state index in [0.29, 0.717) is 12.2 Å². The van der Waals surface area contributed by atoms with Gasteiger partial charge in [-0.1, -0.05) is 30.3 Å². The second-order valence-electron chi connectivity index (χ2n) is 7.95. The van der Waals surface area contributed by atoms with E-state index in [1.165, 1.54) is 35.2 Å². The van der Waals surface area contributed by atoms with Crippen LogP contribution in [-0.2, 0) is 9.53 Å². The van der Waals surface area contributed by atoms with Gasteiger partial charge in [0, 0.05) is 20.1 Å². The summed E-state index contributed by atoms with van der Waals surface area (Å²) in [7, 11) is 3.10. The second kappa shape index (κ2) is 11.2. The lowest BCUT2D eigenvalue weighted by molar-refractivity contribution is -0.133. The van der Waals surface area contributed by atoms with Crippen molar-refractivity contribution < 1.29 is 23.5 Å². The van der Waals surface area contributed by atoms with Gasteiger partial charge < -0.3 is 14.4 Å². The number of ether oxygens (including phenoxy) is 2. The van der Waals surface area contributed by atoms with Crippen LogP contribution in [0.3, 0.4) is 0 Å². The van der Waals surface area contributed by atoms with Crippen molar-refractivity contribution in [3.05, 3.63) is 87.9 Å². The number of hydrogen-bond acceptors (Lipinski definition) is 6. The summed E-state index contributed by atoms with van der Waals surface area (Å²) in [6.45, 7) is 0.0848. The zero-order valence-electron chi connectivity index (χ0n) is 19.5. The molecule has 0 saturated heterocycles. The molecular weight excluding hydrogens is 469 g/mol. The lowest BCUT2D eigenvalue weighted by atomic mass is 10.0. The minimum atomic E-state index is -0.636. The summed E-state index contributed by atoms with van der Waals surface area (Å²) in [5.74, 6) is -0.859. The Morgan fingerprint density at radius 1 is 1.11 bits per heavy atom. The largest absolute Gasteiger partial charge is 0.497 e. The van der Waals surface area contributed by atoms with E-state index < -0.39 is 11.7 Å². The summed E-state index contributed by atoms with van der Waals surface area (Å²) in [5, 5.41) is 8.05.